The monoisotopic (exact) mass is 545 g/mol. The molecule has 1 saturated heterocycles. The van der Waals surface area contributed by atoms with E-state index >= 15 is 0 Å². The Hall–Kier alpha value is -2.10. The minimum Gasteiger partial charge on any atom is -0.367 e. The molecule has 1 unspecified atom stereocenters. The van der Waals surface area contributed by atoms with Gasteiger partial charge >= 0.3 is 12.4 Å². The lowest BCUT2D eigenvalue weighted by atomic mass is 9.47. The number of alkyl halides is 6. The molecule has 10 heteroatoms. The van der Waals surface area contributed by atoms with Crippen molar-refractivity contribution in [2.45, 2.75) is 89.8 Å². The Morgan fingerprint density at radius 1 is 0.921 bits per heavy atom. The van der Waals surface area contributed by atoms with Gasteiger partial charge in [0.2, 0.25) is 5.91 Å². The van der Waals surface area contributed by atoms with Crippen molar-refractivity contribution in [3.63, 3.8) is 0 Å². The van der Waals surface area contributed by atoms with Crippen LogP contribution in [-0.2, 0) is 26.7 Å². The van der Waals surface area contributed by atoms with Crippen molar-refractivity contribution >= 4 is 17.9 Å². The van der Waals surface area contributed by atoms with E-state index in [9.17, 15) is 35.9 Å². The van der Waals surface area contributed by atoms with Gasteiger partial charge < -0.3 is 14.8 Å². The van der Waals surface area contributed by atoms with E-state index < -0.39 is 46.4 Å². The molecule has 1 aliphatic heterocycles. The number of halogens is 6. The van der Waals surface area contributed by atoms with Crippen molar-refractivity contribution < 1.29 is 40.7 Å². The smallest absolute Gasteiger partial charge is 0.367 e. The van der Waals surface area contributed by atoms with Gasteiger partial charge in [0, 0.05) is 5.92 Å². The highest BCUT2D eigenvalue weighted by Crippen LogP contribution is 2.66. The van der Waals surface area contributed by atoms with Gasteiger partial charge in [0.05, 0.1) is 22.9 Å². The number of carbonyl (C=O) groups excluding carboxylic acids is 2. The van der Waals surface area contributed by atoms with Crippen LogP contribution in [-0.4, -0.2) is 24.4 Å². The molecule has 3 aliphatic carbocycles. The fourth-order valence-electron chi connectivity index (χ4n) is 8.55. The summed E-state index contributed by atoms with van der Waals surface area (Å²) in [6.07, 6.45) is -3.12. The van der Waals surface area contributed by atoms with Crippen molar-refractivity contribution in [1.29, 1.82) is 0 Å². The van der Waals surface area contributed by atoms with Gasteiger partial charge in [0.1, 0.15) is 12.4 Å². The number of hydrogen-bond donors (Lipinski definition) is 1. The van der Waals surface area contributed by atoms with E-state index in [0.29, 0.717) is 49.3 Å². The van der Waals surface area contributed by atoms with Crippen LogP contribution in [0.4, 0.5) is 32.0 Å². The molecule has 3 saturated carbocycles. The maximum Gasteiger partial charge on any atom is 0.418 e. The summed E-state index contributed by atoms with van der Waals surface area (Å²) in [5, 5.41) is 2.25. The summed E-state index contributed by atoms with van der Waals surface area (Å²) in [4.78, 5) is 24.7. The predicted molar refractivity (Wildman–Crippen MR) is 127 cm³/mol. The molecular formula is C28H33F6NO3. The van der Waals surface area contributed by atoms with Gasteiger partial charge in [-0.15, -0.1) is 0 Å². The van der Waals surface area contributed by atoms with Crippen molar-refractivity contribution in [3.05, 3.63) is 29.3 Å². The third-order valence-electron chi connectivity index (χ3n) is 10.5. The fraction of sp³-hybridized carbons (Fsp3) is 0.714. The van der Waals surface area contributed by atoms with Gasteiger partial charge in [-0.3, -0.25) is 4.79 Å². The van der Waals surface area contributed by atoms with E-state index in [2.05, 4.69) is 12.2 Å². The number of carbonyl (C=O) groups is 2. The second kappa shape index (κ2) is 9.24. The molecule has 210 valence electrons. The van der Waals surface area contributed by atoms with Crippen LogP contribution < -0.4 is 5.32 Å². The molecule has 8 atom stereocenters. The maximum absolute atomic E-state index is 13.6. The first kappa shape index (κ1) is 27.5. The van der Waals surface area contributed by atoms with Crippen LogP contribution in [0, 0.1) is 34.5 Å². The topological polar surface area (TPSA) is 55.4 Å². The standard InChI is InChI=1S/C28H33F6NO3/c1-25-12-10-19-17(4-8-23-26(19,2)11-9-16(14-36)38-23)18(25)6-7-21(25)24(37)35-22-13-15(27(29,30)31)3-5-20(22)28(32,33)34/h3,5,13-14,16-19,21,23H,4,6-12H2,1-2H3,(H,35,37)/t16?,17-,18-,19-,21+,23+,25-,26+/m0/s1. The van der Waals surface area contributed by atoms with Crippen LogP contribution >= 0.6 is 0 Å². The van der Waals surface area contributed by atoms with Gasteiger partial charge in [0.15, 0.2) is 0 Å². The highest BCUT2D eigenvalue weighted by Gasteiger charge is 2.61. The largest absolute Gasteiger partial charge is 0.418 e. The summed E-state index contributed by atoms with van der Waals surface area (Å²) in [6, 6.07) is 1.14. The van der Waals surface area contributed by atoms with E-state index in [1.807, 2.05) is 6.92 Å². The van der Waals surface area contributed by atoms with Crippen LogP contribution in [0.1, 0.15) is 76.3 Å². The van der Waals surface area contributed by atoms with Gasteiger partial charge in [-0.2, -0.15) is 26.3 Å². The van der Waals surface area contributed by atoms with Crippen molar-refractivity contribution in [2.75, 3.05) is 5.32 Å². The molecule has 0 bridgehead atoms. The van der Waals surface area contributed by atoms with Crippen molar-refractivity contribution in [2.24, 2.45) is 34.5 Å². The molecule has 1 heterocycles. The number of ether oxygens (including phenoxy) is 1. The summed E-state index contributed by atoms with van der Waals surface area (Å²) in [6.45, 7) is 4.26. The van der Waals surface area contributed by atoms with E-state index in [4.69, 9.17) is 4.74 Å². The van der Waals surface area contributed by atoms with Crippen LogP contribution in [0.3, 0.4) is 0 Å². The molecule has 0 radical (unpaired) electrons. The molecule has 4 aliphatic rings. The fourth-order valence-corrected chi connectivity index (χ4v) is 8.55. The molecule has 38 heavy (non-hydrogen) atoms. The SMILES string of the molecule is C[C@]12CCC(C=O)O[C@@H]1CC[C@@H]1[C@@H]2CC[C@]2(C)[C@@H](C(=O)Nc3cc(C(F)(F)F)ccc3C(F)(F)F)CC[C@@H]12. The summed E-state index contributed by atoms with van der Waals surface area (Å²) < 4.78 is 86.6. The van der Waals surface area contributed by atoms with Crippen LogP contribution in [0.2, 0.25) is 0 Å². The maximum atomic E-state index is 13.6. The molecule has 4 fully saturated rings. The lowest BCUT2D eigenvalue weighted by Gasteiger charge is -2.60. The van der Waals surface area contributed by atoms with Crippen LogP contribution in [0.25, 0.3) is 0 Å². The molecule has 1 aromatic rings. The second-order valence-electron chi connectivity index (χ2n) is 12.2. The lowest BCUT2D eigenvalue weighted by Crippen LogP contribution is -2.57. The number of benzene rings is 1. The summed E-state index contributed by atoms with van der Waals surface area (Å²) in [5.41, 5.74) is -3.90. The molecule has 5 rings (SSSR count). The zero-order chi connectivity index (χ0) is 27.7. The molecule has 4 nitrogen and oxygen atoms in total. The molecule has 1 N–H and O–H groups in total. The highest BCUT2D eigenvalue weighted by atomic mass is 19.4. The minimum absolute atomic E-state index is 0.0132. The first-order valence-electron chi connectivity index (χ1n) is 13.4. The Kier molecular flexibility index (Phi) is 6.68. The highest BCUT2D eigenvalue weighted by molar-refractivity contribution is 5.94. The van der Waals surface area contributed by atoms with Crippen LogP contribution in [0.5, 0.6) is 0 Å². The quantitative estimate of drug-likeness (QED) is 0.321. The summed E-state index contributed by atoms with van der Waals surface area (Å²) >= 11 is 0. The van der Waals surface area contributed by atoms with Gasteiger partial charge in [-0.05, 0) is 98.1 Å². The average Bonchev–Trinajstić information content (AvgIpc) is 3.19. The third-order valence-corrected chi connectivity index (χ3v) is 10.5. The number of hydrogen-bond acceptors (Lipinski definition) is 3. The third kappa shape index (κ3) is 4.44. The number of anilines is 1. The number of aldehydes is 1. The van der Waals surface area contributed by atoms with Crippen molar-refractivity contribution in [3.8, 4) is 0 Å². The van der Waals surface area contributed by atoms with E-state index in [-0.39, 0.29) is 23.5 Å². The number of nitrogens with one attached hydrogen (secondary N) is 1. The van der Waals surface area contributed by atoms with E-state index in [1.54, 1.807) is 0 Å². The number of rotatable bonds is 3. The van der Waals surface area contributed by atoms with Crippen molar-refractivity contribution in [1.82, 2.24) is 0 Å². The Bertz CT molecular complexity index is 1100. The normalized spacial score (nSPS) is 39.1. The first-order valence-corrected chi connectivity index (χ1v) is 13.4. The Labute approximate surface area is 217 Å². The minimum atomic E-state index is -4.91. The molecule has 0 spiro atoms. The summed E-state index contributed by atoms with van der Waals surface area (Å²) in [7, 11) is 0. The van der Waals surface area contributed by atoms with Gasteiger partial charge in [-0.1, -0.05) is 13.8 Å². The predicted octanol–water partition coefficient (Wildman–Crippen LogP) is 7.27. The van der Waals surface area contributed by atoms with Gasteiger partial charge in [0.25, 0.3) is 0 Å². The Balaban J connectivity index is 1.37. The first-order chi connectivity index (χ1) is 17.7. The molecular weight excluding hydrogens is 512 g/mol. The van der Waals surface area contributed by atoms with E-state index in [1.165, 1.54) is 0 Å². The molecule has 0 aromatic heterocycles. The lowest BCUT2D eigenvalue weighted by molar-refractivity contribution is -0.195. The van der Waals surface area contributed by atoms with E-state index in [0.717, 1.165) is 38.4 Å². The summed E-state index contributed by atoms with van der Waals surface area (Å²) in [5.74, 6) is -0.329. The number of amides is 1. The Morgan fingerprint density at radius 2 is 1.61 bits per heavy atom. The molecule has 1 aromatic carbocycles. The number of fused-ring (bicyclic) bond motifs is 5. The average molecular weight is 546 g/mol. The molecule has 1 amide bonds. The zero-order valence-corrected chi connectivity index (χ0v) is 21.4. The Morgan fingerprint density at radius 3 is 2.26 bits per heavy atom. The second-order valence-corrected chi connectivity index (χ2v) is 12.2. The van der Waals surface area contributed by atoms with Crippen LogP contribution in [0.15, 0.2) is 18.2 Å². The van der Waals surface area contributed by atoms with Gasteiger partial charge in [-0.25, -0.2) is 0 Å². The zero-order valence-electron chi connectivity index (χ0n) is 21.4.